The molecule has 0 bridgehead atoms. The Hall–Kier alpha value is -4.71. The summed E-state index contributed by atoms with van der Waals surface area (Å²) in [4.78, 5) is 49.4. The van der Waals surface area contributed by atoms with Crippen LogP contribution < -0.4 is 20.4 Å². The van der Waals surface area contributed by atoms with Crippen LogP contribution in [0.25, 0.3) is 0 Å². The average Bonchev–Trinajstić information content (AvgIpc) is 3.15. The van der Waals surface area contributed by atoms with E-state index in [4.69, 9.17) is 21.2 Å². The smallest absolute Gasteiger partial charge is 0.335 e. The van der Waals surface area contributed by atoms with E-state index in [1.54, 1.807) is 30.3 Å². The molecular weight excluding hydrogens is 586 g/mol. The van der Waals surface area contributed by atoms with Crippen molar-refractivity contribution in [1.82, 2.24) is 15.7 Å². The zero-order valence-electron chi connectivity index (χ0n) is 23.3. The monoisotopic (exact) mass is 614 g/mol. The van der Waals surface area contributed by atoms with Crippen LogP contribution in [0.4, 0.5) is 13.6 Å². The number of carboxylic acids is 1. The van der Waals surface area contributed by atoms with Crippen LogP contribution in [0.15, 0.2) is 65.7 Å². The molecule has 3 amide bonds. The number of rotatable bonds is 9. The number of aromatic carboxylic acids is 1. The number of carboxylic acid groups (broad SMARTS) is 1. The lowest BCUT2D eigenvalue weighted by Gasteiger charge is -2.26. The number of amides is 3. The molecule has 0 spiro atoms. The molecule has 10 nitrogen and oxygen atoms in total. The van der Waals surface area contributed by atoms with Crippen molar-refractivity contribution in [2.45, 2.75) is 25.8 Å². The van der Waals surface area contributed by atoms with E-state index in [1.807, 2.05) is 6.92 Å². The summed E-state index contributed by atoms with van der Waals surface area (Å²) in [6, 6.07) is 12.7. The van der Waals surface area contributed by atoms with Gasteiger partial charge >= 0.3 is 12.0 Å². The molecule has 0 saturated heterocycles. The van der Waals surface area contributed by atoms with Gasteiger partial charge in [0.2, 0.25) is 5.91 Å². The Balaban J connectivity index is 1.59. The summed E-state index contributed by atoms with van der Waals surface area (Å²) in [6.07, 6.45) is 0.600. The van der Waals surface area contributed by atoms with Crippen LogP contribution in [0.1, 0.15) is 40.9 Å². The summed E-state index contributed by atoms with van der Waals surface area (Å²) in [5.74, 6) is -4.01. The summed E-state index contributed by atoms with van der Waals surface area (Å²) >= 11 is 6.19. The zero-order valence-corrected chi connectivity index (χ0v) is 24.0. The van der Waals surface area contributed by atoms with Crippen LogP contribution >= 0.6 is 11.6 Å². The molecule has 1 aliphatic heterocycles. The number of benzene rings is 3. The number of hydroxylamine groups is 1. The van der Waals surface area contributed by atoms with Gasteiger partial charge in [-0.1, -0.05) is 30.7 Å². The predicted molar refractivity (Wildman–Crippen MR) is 154 cm³/mol. The summed E-state index contributed by atoms with van der Waals surface area (Å²) in [5.41, 5.74) is 3.94. The van der Waals surface area contributed by atoms with Crippen molar-refractivity contribution in [2.24, 2.45) is 10.9 Å². The minimum Gasteiger partial charge on any atom is -0.496 e. The second kappa shape index (κ2) is 14.0. The number of methoxy groups -OCH3 is 1. The van der Waals surface area contributed by atoms with Crippen LogP contribution in [0.3, 0.4) is 0 Å². The molecule has 1 heterocycles. The summed E-state index contributed by atoms with van der Waals surface area (Å²) < 4.78 is 32.4. The van der Waals surface area contributed by atoms with Crippen molar-refractivity contribution in [3.8, 4) is 11.5 Å². The van der Waals surface area contributed by atoms with Gasteiger partial charge in [-0.2, -0.15) is 0 Å². The lowest BCUT2D eigenvalue weighted by Crippen LogP contribution is -2.50. The Morgan fingerprint density at radius 3 is 2.51 bits per heavy atom. The second-order valence-corrected chi connectivity index (χ2v) is 10.1. The quantitative estimate of drug-likeness (QED) is 0.284. The third-order valence-electron chi connectivity index (χ3n) is 6.82. The Kier molecular flexibility index (Phi) is 10.1. The first kappa shape index (κ1) is 31.2. The molecule has 3 N–H and O–H groups in total. The molecule has 1 aliphatic rings. The molecule has 1 unspecified atom stereocenters. The summed E-state index contributed by atoms with van der Waals surface area (Å²) in [7, 11) is 1.49. The number of carbonyl (C=O) groups is 3. The van der Waals surface area contributed by atoms with E-state index in [1.165, 1.54) is 25.3 Å². The fourth-order valence-electron chi connectivity index (χ4n) is 4.52. The van der Waals surface area contributed by atoms with Gasteiger partial charge in [0.15, 0.2) is 23.2 Å². The number of ether oxygens (including phenoxy) is 1. The maximum atomic E-state index is 13.8. The third kappa shape index (κ3) is 7.77. The first-order chi connectivity index (χ1) is 20.6. The number of aliphatic imine (C=N–C) groups is 1. The van der Waals surface area contributed by atoms with Crippen molar-refractivity contribution in [2.75, 3.05) is 20.2 Å². The van der Waals surface area contributed by atoms with E-state index in [2.05, 4.69) is 15.8 Å². The van der Waals surface area contributed by atoms with E-state index in [0.29, 0.717) is 28.3 Å². The molecule has 3 aromatic carbocycles. The highest BCUT2D eigenvalue weighted by Crippen LogP contribution is 2.27. The molecule has 43 heavy (non-hydrogen) atoms. The molecule has 0 fully saturated rings. The van der Waals surface area contributed by atoms with Crippen LogP contribution in [-0.4, -0.2) is 53.9 Å². The van der Waals surface area contributed by atoms with Crippen molar-refractivity contribution in [1.29, 1.82) is 0 Å². The molecule has 13 heteroatoms. The normalized spacial score (nSPS) is 15.7. The van der Waals surface area contributed by atoms with E-state index in [-0.39, 0.29) is 36.7 Å². The molecule has 0 aromatic heterocycles. The van der Waals surface area contributed by atoms with E-state index in [9.17, 15) is 28.3 Å². The van der Waals surface area contributed by atoms with E-state index >= 15 is 0 Å². The second-order valence-electron chi connectivity index (χ2n) is 9.69. The SMILES string of the molecule is CC[C@@H](NC(=O)N1CC(NOc2ccc(F)c(F)c2)=NCC(Cc2cc(Cl)ccc2OC)C1=O)c1ccc(C(=O)O)cc1. The number of amidine groups is 1. The third-order valence-corrected chi connectivity index (χ3v) is 7.06. The number of hydrogen-bond acceptors (Lipinski definition) is 7. The van der Waals surface area contributed by atoms with Crippen LogP contribution in [0.2, 0.25) is 5.02 Å². The van der Waals surface area contributed by atoms with E-state index < -0.39 is 41.5 Å². The molecule has 0 saturated carbocycles. The highest BCUT2D eigenvalue weighted by Gasteiger charge is 2.34. The number of halogens is 3. The summed E-state index contributed by atoms with van der Waals surface area (Å²) in [6.45, 7) is 1.49. The van der Waals surface area contributed by atoms with Gasteiger partial charge in [-0.25, -0.2) is 23.9 Å². The van der Waals surface area contributed by atoms with Gasteiger partial charge in [0.25, 0.3) is 0 Å². The Labute approximate surface area is 251 Å². The van der Waals surface area contributed by atoms with Crippen molar-refractivity contribution in [3.63, 3.8) is 0 Å². The Morgan fingerprint density at radius 2 is 1.86 bits per heavy atom. The zero-order chi connectivity index (χ0) is 31.1. The first-order valence-electron chi connectivity index (χ1n) is 13.3. The molecular formula is C30H29ClF2N4O6. The van der Waals surface area contributed by atoms with Crippen LogP contribution in [0.5, 0.6) is 11.5 Å². The summed E-state index contributed by atoms with van der Waals surface area (Å²) in [5, 5.41) is 12.5. The molecule has 0 aliphatic carbocycles. The number of nitrogens with one attached hydrogen (secondary N) is 2. The van der Waals surface area contributed by atoms with E-state index in [0.717, 1.165) is 17.0 Å². The minimum atomic E-state index is -1.11. The van der Waals surface area contributed by atoms with Gasteiger partial charge in [-0.05, 0) is 66.4 Å². The van der Waals surface area contributed by atoms with Gasteiger partial charge in [0.05, 0.1) is 37.7 Å². The Bertz CT molecular complexity index is 1540. The largest absolute Gasteiger partial charge is 0.496 e. The number of imide groups is 1. The van der Waals surface area contributed by atoms with Gasteiger partial charge in [-0.15, -0.1) is 0 Å². The van der Waals surface area contributed by atoms with Crippen LogP contribution in [-0.2, 0) is 11.2 Å². The van der Waals surface area contributed by atoms with Gasteiger partial charge < -0.3 is 20.0 Å². The fourth-order valence-corrected chi connectivity index (χ4v) is 4.72. The van der Waals surface area contributed by atoms with Gasteiger partial charge in [0.1, 0.15) is 5.75 Å². The molecule has 226 valence electrons. The standard InChI is InChI=1S/C30H29ClF2N4O6/c1-3-25(17-4-6-18(7-5-17)29(39)40)35-30(41)37-16-27(36-43-22-9-10-23(32)24(33)14-22)34-15-20(28(37)38)12-19-13-21(31)8-11-26(19)42-2/h4-11,13-14,20,25H,3,12,15-16H2,1-2H3,(H,34,36)(H,35,41)(H,39,40)/t20?,25-/m1/s1. The van der Waals surface area contributed by atoms with Gasteiger partial charge in [0, 0.05) is 11.1 Å². The maximum Gasteiger partial charge on any atom is 0.335 e. The average molecular weight is 615 g/mol. The highest BCUT2D eigenvalue weighted by molar-refractivity contribution is 6.30. The van der Waals surface area contributed by atoms with Crippen molar-refractivity contribution in [3.05, 3.63) is 94.0 Å². The lowest BCUT2D eigenvalue weighted by atomic mass is 9.97. The highest BCUT2D eigenvalue weighted by atomic mass is 35.5. The van der Waals surface area contributed by atoms with Crippen LogP contribution in [0, 0.1) is 17.6 Å². The number of hydrogen-bond donors (Lipinski definition) is 3. The van der Waals surface area contributed by atoms with Gasteiger partial charge in [-0.3, -0.25) is 14.7 Å². The fraction of sp³-hybridized carbons (Fsp3) is 0.267. The molecule has 3 aromatic rings. The van der Waals surface area contributed by atoms with Crippen molar-refractivity contribution < 1.29 is 37.8 Å². The minimum absolute atomic E-state index is 0.0321. The maximum absolute atomic E-state index is 13.8. The molecule has 4 rings (SSSR count). The Morgan fingerprint density at radius 1 is 1.12 bits per heavy atom. The topological polar surface area (TPSA) is 130 Å². The molecule has 2 atom stereocenters. The van der Waals surface area contributed by atoms with Crippen molar-refractivity contribution >= 4 is 35.3 Å². The number of carbonyl (C=O) groups excluding carboxylic acids is 2. The lowest BCUT2D eigenvalue weighted by molar-refractivity contribution is -0.131. The number of urea groups is 1. The number of nitrogens with zero attached hydrogens (tertiary/aromatic N) is 2. The molecule has 0 radical (unpaired) electrons. The first-order valence-corrected chi connectivity index (χ1v) is 13.7. The predicted octanol–water partition coefficient (Wildman–Crippen LogP) is 5.17.